The summed E-state index contributed by atoms with van der Waals surface area (Å²) >= 11 is 0. The van der Waals surface area contributed by atoms with Crippen LogP contribution in [0.3, 0.4) is 0 Å². The second-order valence-corrected chi connectivity index (χ2v) is 4.66. The molecule has 0 radical (unpaired) electrons. The molecule has 0 saturated carbocycles. The van der Waals surface area contributed by atoms with Crippen LogP contribution >= 0.6 is 0 Å². The molecule has 1 rings (SSSR count). The van der Waals surface area contributed by atoms with Gasteiger partial charge in [-0.05, 0) is 12.8 Å². The molecule has 3 nitrogen and oxygen atoms in total. The largest absolute Gasteiger partial charge is 0.338 e. The Morgan fingerprint density at radius 3 is 2.69 bits per heavy atom. The molecule has 1 heterocycles. The summed E-state index contributed by atoms with van der Waals surface area (Å²) in [7, 11) is 0. The minimum absolute atomic E-state index is 0.0755. The Balaban J connectivity index is 2.57. The van der Waals surface area contributed by atoms with Gasteiger partial charge in [-0.2, -0.15) is 5.26 Å². The van der Waals surface area contributed by atoms with E-state index in [1.54, 1.807) is 0 Å². The van der Waals surface area contributed by atoms with E-state index in [2.05, 4.69) is 19.9 Å². The van der Waals surface area contributed by atoms with E-state index in [0.717, 1.165) is 19.3 Å². The highest BCUT2D eigenvalue weighted by Crippen LogP contribution is 2.24. The van der Waals surface area contributed by atoms with Gasteiger partial charge in [-0.1, -0.05) is 33.1 Å². The van der Waals surface area contributed by atoms with Crippen LogP contribution < -0.4 is 0 Å². The summed E-state index contributed by atoms with van der Waals surface area (Å²) in [5, 5.41) is 8.86. The third-order valence-corrected chi connectivity index (χ3v) is 3.29. The maximum Gasteiger partial charge on any atom is 0.224 e. The van der Waals surface area contributed by atoms with Crippen LogP contribution in [0, 0.1) is 17.2 Å². The number of hydrogen-bond acceptors (Lipinski definition) is 2. The summed E-state index contributed by atoms with van der Waals surface area (Å²) in [6.45, 7) is 4.98. The monoisotopic (exact) mass is 222 g/mol. The Morgan fingerprint density at radius 2 is 2.19 bits per heavy atom. The van der Waals surface area contributed by atoms with Gasteiger partial charge < -0.3 is 4.90 Å². The molecule has 1 aliphatic heterocycles. The summed E-state index contributed by atoms with van der Waals surface area (Å²) < 4.78 is 0. The zero-order chi connectivity index (χ0) is 12.0. The Morgan fingerprint density at radius 1 is 1.44 bits per heavy atom. The molecule has 0 spiro atoms. The van der Waals surface area contributed by atoms with Gasteiger partial charge in [0.1, 0.15) is 0 Å². The molecular weight excluding hydrogens is 200 g/mol. The van der Waals surface area contributed by atoms with Gasteiger partial charge >= 0.3 is 0 Å². The summed E-state index contributed by atoms with van der Waals surface area (Å²) in [5.41, 5.74) is 0. The number of carbonyl (C=O) groups is 1. The normalized spacial score (nSPS) is 22.2. The maximum absolute atomic E-state index is 11.8. The SMILES string of the molecule is CCCCC(CCC)N1CC(C#N)CC1=O. The third kappa shape index (κ3) is 3.23. The molecule has 1 saturated heterocycles. The average molecular weight is 222 g/mol. The molecule has 0 aromatic heterocycles. The van der Waals surface area contributed by atoms with Crippen LogP contribution in [0.2, 0.25) is 0 Å². The molecule has 1 aliphatic rings. The van der Waals surface area contributed by atoms with Crippen molar-refractivity contribution < 1.29 is 4.79 Å². The summed E-state index contributed by atoms with van der Waals surface area (Å²) in [4.78, 5) is 13.7. The van der Waals surface area contributed by atoms with Crippen molar-refractivity contribution in [1.82, 2.24) is 4.90 Å². The fourth-order valence-electron chi connectivity index (χ4n) is 2.40. The highest BCUT2D eigenvalue weighted by atomic mass is 16.2. The zero-order valence-electron chi connectivity index (χ0n) is 10.4. The Kier molecular flexibility index (Phi) is 5.31. The molecule has 0 aromatic rings. The smallest absolute Gasteiger partial charge is 0.224 e. The second kappa shape index (κ2) is 6.52. The maximum atomic E-state index is 11.8. The van der Waals surface area contributed by atoms with Gasteiger partial charge in [0.25, 0.3) is 0 Å². The predicted molar refractivity (Wildman–Crippen MR) is 63.7 cm³/mol. The molecule has 1 fully saturated rings. The van der Waals surface area contributed by atoms with Crippen LogP contribution in [0.5, 0.6) is 0 Å². The third-order valence-electron chi connectivity index (χ3n) is 3.29. The lowest BCUT2D eigenvalue weighted by molar-refractivity contribution is -0.129. The summed E-state index contributed by atoms with van der Waals surface area (Å²) in [6.07, 6.45) is 6.05. The van der Waals surface area contributed by atoms with E-state index in [9.17, 15) is 4.79 Å². The molecule has 2 unspecified atom stereocenters. The van der Waals surface area contributed by atoms with Gasteiger partial charge in [-0.15, -0.1) is 0 Å². The molecule has 0 aliphatic carbocycles. The minimum atomic E-state index is -0.0755. The van der Waals surface area contributed by atoms with E-state index in [-0.39, 0.29) is 11.8 Å². The lowest BCUT2D eigenvalue weighted by atomic mass is 10.0. The van der Waals surface area contributed by atoms with Crippen LogP contribution in [0.1, 0.15) is 52.4 Å². The second-order valence-electron chi connectivity index (χ2n) is 4.66. The van der Waals surface area contributed by atoms with Crippen molar-refractivity contribution >= 4 is 5.91 Å². The highest BCUT2D eigenvalue weighted by molar-refractivity contribution is 5.79. The van der Waals surface area contributed by atoms with Gasteiger partial charge in [0.15, 0.2) is 0 Å². The fraction of sp³-hybridized carbons (Fsp3) is 0.846. The Hall–Kier alpha value is -1.04. The molecule has 16 heavy (non-hydrogen) atoms. The Bertz CT molecular complexity index is 270. The van der Waals surface area contributed by atoms with Crippen LogP contribution in [0.4, 0.5) is 0 Å². The molecular formula is C13H22N2O. The predicted octanol–water partition coefficient (Wildman–Crippen LogP) is 2.72. The quantitative estimate of drug-likeness (QED) is 0.693. The number of likely N-dealkylation sites (tertiary alicyclic amines) is 1. The molecule has 90 valence electrons. The van der Waals surface area contributed by atoms with Crippen molar-refractivity contribution in [2.24, 2.45) is 5.92 Å². The minimum Gasteiger partial charge on any atom is -0.338 e. The first-order valence-electron chi connectivity index (χ1n) is 6.42. The first-order valence-corrected chi connectivity index (χ1v) is 6.42. The number of nitriles is 1. The van der Waals surface area contributed by atoms with Crippen molar-refractivity contribution in [2.75, 3.05) is 6.54 Å². The van der Waals surface area contributed by atoms with Crippen LogP contribution in [0.25, 0.3) is 0 Å². The number of rotatable bonds is 6. The number of carbonyl (C=O) groups excluding carboxylic acids is 1. The lowest BCUT2D eigenvalue weighted by Crippen LogP contribution is -2.36. The van der Waals surface area contributed by atoms with Crippen molar-refractivity contribution in [1.29, 1.82) is 5.26 Å². The number of unbranched alkanes of at least 4 members (excludes halogenated alkanes) is 1. The van der Waals surface area contributed by atoms with Crippen molar-refractivity contribution in [3.63, 3.8) is 0 Å². The van der Waals surface area contributed by atoms with Crippen molar-refractivity contribution in [3.8, 4) is 6.07 Å². The average Bonchev–Trinajstić information content (AvgIpc) is 2.66. The highest BCUT2D eigenvalue weighted by Gasteiger charge is 2.33. The number of amides is 1. The molecule has 3 heteroatoms. The van der Waals surface area contributed by atoms with Crippen LogP contribution in [0.15, 0.2) is 0 Å². The van der Waals surface area contributed by atoms with Gasteiger partial charge in [-0.3, -0.25) is 4.79 Å². The van der Waals surface area contributed by atoms with E-state index < -0.39 is 0 Å². The van der Waals surface area contributed by atoms with Gasteiger partial charge in [-0.25, -0.2) is 0 Å². The summed E-state index contributed by atoms with van der Waals surface area (Å²) in [6, 6.07) is 2.59. The van der Waals surface area contributed by atoms with Gasteiger partial charge in [0, 0.05) is 19.0 Å². The van der Waals surface area contributed by atoms with E-state index in [4.69, 9.17) is 5.26 Å². The standard InChI is InChI=1S/C13H22N2O/c1-3-5-7-12(6-4-2)15-10-11(9-14)8-13(15)16/h11-12H,3-8,10H2,1-2H3. The first kappa shape index (κ1) is 13.0. The van der Waals surface area contributed by atoms with E-state index in [1.807, 2.05) is 4.90 Å². The van der Waals surface area contributed by atoms with Crippen molar-refractivity contribution in [3.05, 3.63) is 0 Å². The lowest BCUT2D eigenvalue weighted by Gasteiger charge is -2.27. The molecule has 0 aromatic carbocycles. The van der Waals surface area contributed by atoms with E-state index in [0.29, 0.717) is 19.0 Å². The molecule has 0 bridgehead atoms. The Labute approximate surface area is 98.4 Å². The zero-order valence-corrected chi connectivity index (χ0v) is 10.4. The molecule has 1 amide bonds. The van der Waals surface area contributed by atoms with Gasteiger partial charge in [0.2, 0.25) is 5.91 Å². The van der Waals surface area contributed by atoms with Gasteiger partial charge in [0.05, 0.1) is 12.0 Å². The van der Waals surface area contributed by atoms with Crippen molar-refractivity contribution in [2.45, 2.75) is 58.4 Å². The van der Waals surface area contributed by atoms with Crippen LogP contribution in [-0.4, -0.2) is 23.4 Å². The summed E-state index contributed by atoms with van der Waals surface area (Å²) in [5.74, 6) is 0.106. The first-order chi connectivity index (χ1) is 7.72. The molecule has 2 atom stereocenters. The van der Waals surface area contributed by atoms with Crippen LogP contribution in [-0.2, 0) is 4.79 Å². The molecule has 0 N–H and O–H groups in total. The number of hydrogen-bond donors (Lipinski definition) is 0. The number of nitrogens with zero attached hydrogens (tertiary/aromatic N) is 2. The van der Waals surface area contributed by atoms with E-state index in [1.165, 1.54) is 12.8 Å². The van der Waals surface area contributed by atoms with E-state index >= 15 is 0 Å². The topological polar surface area (TPSA) is 44.1 Å². The fourth-order valence-corrected chi connectivity index (χ4v) is 2.40.